The fourth-order valence-electron chi connectivity index (χ4n) is 1.73. The third-order valence-corrected chi connectivity index (χ3v) is 4.79. The molecule has 0 bridgehead atoms. The van der Waals surface area contributed by atoms with Crippen molar-refractivity contribution in [3.8, 4) is 0 Å². The minimum absolute atomic E-state index is 0.265. The average molecular weight is 276 g/mol. The van der Waals surface area contributed by atoms with Crippen molar-refractivity contribution in [2.45, 2.75) is 32.0 Å². The Kier molecular flexibility index (Phi) is 3.27. The van der Waals surface area contributed by atoms with Crippen LogP contribution >= 0.6 is 27.3 Å². The van der Waals surface area contributed by atoms with Crippen LogP contribution in [0.4, 0.5) is 0 Å². The summed E-state index contributed by atoms with van der Waals surface area (Å²) in [7, 11) is 0. The largest absolute Gasteiger partial charge is 0.368 e. The van der Waals surface area contributed by atoms with Crippen LogP contribution in [0.5, 0.6) is 0 Å². The zero-order chi connectivity index (χ0) is 10.1. The summed E-state index contributed by atoms with van der Waals surface area (Å²) in [5.74, 6) is 0. The quantitative estimate of drug-likeness (QED) is 0.901. The van der Waals surface area contributed by atoms with Crippen molar-refractivity contribution in [2.24, 2.45) is 5.73 Å². The van der Waals surface area contributed by atoms with E-state index in [0.717, 1.165) is 12.8 Å². The predicted molar refractivity (Wildman–Crippen MR) is 62.7 cm³/mol. The first-order valence-corrected chi connectivity index (χ1v) is 6.43. The lowest BCUT2D eigenvalue weighted by atomic mass is 10.2. The summed E-state index contributed by atoms with van der Waals surface area (Å²) in [5, 5.41) is 0. The molecule has 2 nitrogen and oxygen atoms in total. The Labute approximate surface area is 96.6 Å². The molecule has 1 fully saturated rings. The van der Waals surface area contributed by atoms with Gasteiger partial charge < -0.3 is 10.5 Å². The number of ether oxygens (including phenoxy) is 1. The highest BCUT2D eigenvalue weighted by atomic mass is 79.9. The Morgan fingerprint density at radius 1 is 1.64 bits per heavy atom. The Morgan fingerprint density at radius 2 is 2.43 bits per heavy atom. The Hall–Kier alpha value is 0.100. The number of halogens is 1. The average Bonchev–Trinajstić information content (AvgIpc) is 2.74. The van der Waals surface area contributed by atoms with Gasteiger partial charge in [0, 0.05) is 20.8 Å². The van der Waals surface area contributed by atoms with Gasteiger partial charge in [-0.3, -0.25) is 0 Å². The second-order valence-corrected chi connectivity index (χ2v) is 5.75. The van der Waals surface area contributed by atoms with E-state index in [1.165, 1.54) is 14.2 Å². The lowest BCUT2D eigenvalue weighted by molar-refractivity contribution is 0.0518. The molecule has 0 saturated carbocycles. The van der Waals surface area contributed by atoms with Gasteiger partial charge in [-0.1, -0.05) is 0 Å². The summed E-state index contributed by atoms with van der Waals surface area (Å²) >= 11 is 5.34. The molecular weight excluding hydrogens is 262 g/mol. The first kappa shape index (κ1) is 10.6. The van der Waals surface area contributed by atoms with Gasteiger partial charge >= 0.3 is 0 Å². The standard InChI is InChI=1S/C10H14BrNOS/c1-6-8(11)4-10(14-6)9-3-2-7(5-12)13-9/h4,7,9H,2-3,5,12H2,1H3. The van der Waals surface area contributed by atoms with E-state index in [9.17, 15) is 0 Å². The molecule has 1 aliphatic rings. The molecule has 2 unspecified atom stereocenters. The third-order valence-electron chi connectivity index (χ3n) is 2.56. The molecule has 14 heavy (non-hydrogen) atoms. The van der Waals surface area contributed by atoms with Gasteiger partial charge in [-0.2, -0.15) is 0 Å². The van der Waals surface area contributed by atoms with Crippen LogP contribution in [0.1, 0.15) is 28.7 Å². The summed E-state index contributed by atoms with van der Waals surface area (Å²) in [6, 6.07) is 2.17. The lowest BCUT2D eigenvalue weighted by Gasteiger charge is -2.09. The highest BCUT2D eigenvalue weighted by molar-refractivity contribution is 9.10. The number of aryl methyl sites for hydroxylation is 1. The van der Waals surface area contributed by atoms with Gasteiger partial charge in [0.2, 0.25) is 0 Å². The molecule has 2 N–H and O–H groups in total. The molecule has 0 spiro atoms. The van der Waals surface area contributed by atoms with Crippen molar-refractivity contribution in [3.05, 3.63) is 20.3 Å². The normalized spacial score (nSPS) is 27.1. The van der Waals surface area contributed by atoms with Crippen molar-refractivity contribution in [3.63, 3.8) is 0 Å². The van der Waals surface area contributed by atoms with Crippen molar-refractivity contribution in [1.82, 2.24) is 0 Å². The van der Waals surface area contributed by atoms with Crippen LogP contribution in [0.15, 0.2) is 10.5 Å². The molecular formula is C10H14BrNOS. The molecule has 1 saturated heterocycles. The number of rotatable bonds is 2. The maximum absolute atomic E-state index is 5.83. The van der Waals surface area contributed by atoms with E-state index < -0.39 is 0 Å². The minimum Gasteiger partial charge on any atom is -0.368 e. The second-order valence-electron chi connectivity index (χ2n) is 3.61. The highest BCUT2D eigenvalue weighted by Gasteiger charge is 2.26. The van der Waals surface area contributed by atoms with E-state index in [-0.39, 0.29) is 12.2 Å². The van der Waals surface area contributed by atoms with Crippen LogP contribution in [0.3, 0.4) is 0 Å². The van der Waals surface area contributed by atoms with Crippen molar-refractivity contribution >= 4 is 27.3 Å². The number of nitrogens with two attached hydrogens (primary N) is 1. The van der Waals surface area contributed by atoms with E-state index in [2.05, 4.69) is 28.9 Å². The molecule has 1 aromatic heterocycles. The van der Waals surface area contributed by atoms with Crippen molar-refractivity contribution < 1.29 is 4.74 Å². The van der Waals surface area contributed by atoms with Gasteiger partial charge in [0.1, 0.15) is 0 Å². The zero-order valence-electron chi connectivity index (χ0n) is 8.13. The van der Waals surface area contributed by atoms with Gasteiger partial charge in [-0.05, 0) is 41.8 Å². The fraction of sp³-hybridized carbons (Fsp3) is 0.600. The number of thiophene rings is 1. The van der Waals surface area contributed by atoms with Crippen LogP contribution in [0.25, 0.3) is 0 Å². The predicted octanol–water partition coefficient (Wildman–Crippen LogP) is 3.00. The Morgan fingerprint density at radius 3 is 2.93 bits per heavy atom. The van der Waals surface area contributed by atoms with Gasteiger partial charge in [0.25, 0.3) is 0 Å². The maximum Gasteiger partial charge on any atom is 0.0922 e. The van der Waals surface area contributed by atoms with Crippen LogP contribution in [-0.2, 0) is 4.74 Å². The van der Waals surface area contributed by atoms with Gasteiger partial charge in [0.15, 0.2) is 0 Å². The first-order valence-electron chi connectivity index (χ1n) is 4.82. The topological polar surface area (TPSA) is 35.2 Å². The molecule has 4 heteroatoms. The van der Waals surface area contributed by atoms with Crippen molar-refractivity contribution in [2.75, 3.05) is 6.54 Å². The SMILES string of the molecule is Cc1sc(C2CCC(CN)O2)cc1Br. The highest BCUT2D eigenvalue weighted by Crippen LogP contribution is 2.38. The molecule has 1 aromatic rings. The molecule has 1 aliphatic heterocycles. The van der Waals surface area contributed by atoms with E-state index in [0.29, 0.717) is 6.54 Å². The number of hydrogen-bond acceptors (Lipinski definition) is 3. The Balaban J connectivity index is 2.09. The molecule has 0 aromatic carbocycles. The summed E-state index contributed by atoms with van der Waals surface area (Å²) in [4.78, 5) is 2.64. The molecule has 2 heterocycles. The van der Waals surface area contributed by atoms with Crippen LogP contribution in [-0.4, -0.2) is 12.6 Å². The van der Waals surface area contributed by atoms with Gasteiger partial charge in [-0.25, -0.2) is 0 Å². The fourth-order valence-corrected chi connectivity index (χ4v) is 3.36. The maximum atomic E-state index is 5.83. The molecule has 0 amide bonds. The smallest absolute Gasteiger partial charge is 0.0922 e. The minimum atomic E-state index is 0.265. The van der Waals surface area contributed by atoms with Crippen LogP contribution < -0.4 is 5.73 Å². The summed E-state index contributed by atoms with van der Waals surface area (Å²) in [6.45, 7) is 2.76. The Bertz CT molecular complexity index is 306. The molecule has 2 rings (SSSR count). The molecule has 0 radical (unpaired) electrons. The van der Waals surface area contributed by atoms with E-state index >= 15 is 0 Å². The monoisotopic (exact) mass is 275 g/mol. The van der Waals surface area contributed by atoms with E-state index in [1.807, 2.05) is 11.3 Å². The number of hydrogen-bond donors (Lipinski definition) is 1. The van der Waals surface area contributed by atoms with Gasteiger partial charge in [0.05, 0.1) is 12.2 Å². The molecule has 2 atom stereocenters. The summed E-state index contributed by atoms with van der Waals surface area (Å²) in [5.41, 5.74) is 5.58. The third kappa shape index (κ3) is 2.03. The van der Waals surface area contributed by atoms with E-state index in [1.54, 1.807) is 0 Å². The molecule has 0 aliphatic carbocycles. The van der Waals surface area contributed by atoms with E-state index in [4.69, 9.17) is 10.5 Å². The van der Waals surface area contributed by atoms with Crippen molar-refractivity contribution in [1.29, 1.82) is 0 Å². The van der Waals surface area contributed by atoms with Crippen LogP contribution in [0.2, 0.25) is 0 Å². The van der Waals surface area contributed by atoms with Crippen LogP contribution in [0, 0.1) is 6.92 Å². The van der Waals surface area contributed by atoms with Gasteiger partial charge in [-0.15, -0.1) is 11.3 Å². The lowest BCUT2D eigenvalue weighted by Crippen LogP contribution is -2.18. The molecule has 78 valence electrons. The first-order chi connectivity index (χ1) is 6.70. The summed E-state index contributed by atoms with van der Waals surface area (Å²) in [6.07, 6.45) is 2.74. The summed E-state index contributed by atoms with van der Waals surface area (Å²) < 4.78 is 7.02. The second kappa shape index (κ2) is 4.31. The zero-order valence-corrected chi connectivity index (χ0v) is 10.5.